The minimum absolute atomic E-state index is 0.0174. The van der Waals surface area contributed by atoms with Crippen molar-refractivity contribution in [3.05, 3.63) is 11.6 Å². The van der Waals surface area contributed by atoms with Crippen LogP contribution in [-0.4, -0.2) is 57.7 Å². The summed E-state index contributed by atoms with van der Waals surface area (Å²) in [6.45, 7) is 3.85. The molecule has 0 aromatic heterocycles. The number of alkyl carbamates (subject to hydrolysis) is 1. The Kier molecular flexibility index (Phi) is 7.95. The maximum Gasteiger partial charge on any atom is 0.407 e. The summed E-state index contributed by atoms with van der Waals surface area (Å²) in [6, 6.07) is 0. The van der Waals surface area contributed by atoms with Gasteiger partial charge in [-0.1, -0.05) is 11.6 Å². The highest BCUT2D eigenvalue weighted by molar-refractivity contribution is 5.79. The number of hydrogen-bond acceptors (Lipinski definition) is 4. The summed E-state index contributed by atoms with van der Waals surface area (Å²) in [7, 11) is 5.63. The summed E-state index contributed by atoms with van der Waals surface area (Å²) in [4.78, 5) is 25.7. The van der Waals surface area contributed by atoms with Crippen LogP contribution < -0.4 is 10.6 Å². The first-order valence-electron chi connectivity index (χ1n) is 7.86. The Balaban J connectivity index is 2.35. The van der Waals surface area contributed by atoms with Crippen molar-refractivity contribution in [1.29, 1.82) is 0 Å². The minimum Gasteiger partial charge on any atom is -0.449 e. The van der Waals surface area contributed by atoms with Crippen LogP contribution >= 0.6 is 0 Å². The molecule has 0 saturated carbocycles. The van der Waals surface area contributed by atoms with Gasteiger partial charge in [0.05, 0.1) is 6.61 Å². The smallest absolute Gasteiger partial charge is 0.407 e. The lowest BCUT2D eigenvalue weighted by Gasteiger charge is -2.28. The molecule has 1 rings (SSSR count). The number of allylic oxidation sites excluding steroid dienone is 2. The van der Waals surface area contributed by atoms with E-state index in [2.05, 4.69) is 21.6 Å². The van der Waals surface area contributed by atoms with Crippen LogP contribution in [0.1, 0.15) is 26.2 Å². The van der Waals surface area contributed by atoms with Gasteiger partial charge in [-0.2, -0.15) is 0 Å². The van der Waals surface area contributed by atoms with Crippen LogP contribution in [0.5, 0.6) is 0 Å². The molecule has 2 atom stereocenters. The average molecular weight is 311 g/mol. The van der Waals surface area contributed by atoms with Gasteiger partial charge in [-0.05, 0) is 46.8 Å². The number of ether oxygens (including phenoxy) is 1. The van der Waals surface area contributed by atoms with Crippen molar-refractivity contribution in [2.75, 3.05) is 40.8 Å². The molecule has 2 amide bonds. The predicted molar refractivity (Wildman–Crippen MR) is 86.6 cm³/mol. The largest absolute Gasteiger partial charge is 0.449 e. The van der Waals surface area contributed by atoms with Gasteiger partial charge in [0.1, 0.15) is 0 Å². The van der Waals surface area contributed by atoms with Gasteiger partial charge in [0.2, 0.25) is 5.91 Å². The molecule has 0 aromatic rings. The molecule has 0 spiro atoms. The minimum atomic E-state index is -0.401. The Bertz CT molecular complexity index is 407. The van der Waals surface area contributed by atoms with Crippen LogP contribution in [0.3, 0.4) is 0 Å². The molecule has 0 aliphatic heterocycles. The van der Waals surface area contributed by atoms with Gasteiger partial charge in [-0.25, -0.2) is 4.79 Å². The summed E-state index contributed by atoms with van der Waals surface area (Å²) < 4.78 is 5.29. The van der Waals surface area contributed by atoms with Crippen molar-refractivity contribution in [2.24, 2.45) is 11.8 Å². The van der Waals surface area contributed by atoms with Crippen LogP contribution in [0.4, 0.5) is 4.79 Å². The van der Waals surface area contributed by atoms with Crippen molar-refractivity contribution < 1.29 is 14.3 Å². The Morgan fingerprint density at radius 2 is 2.14 bits per heavy atom. The SMILES string of the molecule is CNC(=O)C1CC=C(C)CC1COC(=O)NCCCN(C)C. The topological polar surface area (TPSA) is 70.7 Å². The molecule has 0 radical (unpaired) electrons. The molecule has 2 unspecified atom stereocenters. The molecule has 126 valence electrons. The molecule has 1 aliphatic carbocycles. The number of rotatable bonds is 7. The zero-order valence-corrected chi connectivity index (χ0v) is 14.1. The van der Waals surface area contributed by atoms with Crippen LogP contribution in [0.15, 0.2) is 11.6 Å². The van der Waals surface area contributed by atoms with Crippen molar-refractivity contribution in [3.63, 3.8) is 0 Å². The molecule has 1 aliphatic rings. The second-order valence-corrected chi connectivity index (χ2v) is 6.15. The lowest BCUT2D eigenvalue weighted by atomic mass is 9.80. The summed E-state index contributed by atoms with van der Waals surface area (Å²) >= 11 is 0. The van der Waals surface area contributed by atoms with Gasteiger partial charge < -0.3 is 20.3 Å². The third kappa shape index (κ3) is 6.47. The molecular weight excluding hydrogens is 282 g/mol. The van der Waals surface area contributed by atoms with Gasteiger partial charge in [0, 0.05) is 25.4 Å². The zero-order chi connectivity index (χ0) is 16.5. The highest BCUT2D eigenvalue weighted by Crippen LogP contribution is 2.30. The number of hydrogen-bond donors (Lipinski definition) is 2. The molecule has 6 nitrogen and oxygen atoms in total. The molecule has 0 fully saturated rings. The van der Waals surface area contributed by atoms with E-state index in [0.29, 0.717) is 13.0 Å². The molecule has 0 aromatic carbocycles. The van der Waals surface area contributed by atoms with E-state index < -0.39 is 6.09 Å². The molecule has 6 heteroatoms. The second kappa shape index (κ2) is 9.46. The van der Waals surface area contributed by atoms with E-state index in [9.17, 15) is 9.59 Å². The molecule has 2 N–H and O–H groups in total. The van der Waals surface area contributed by atoms with E-state index in [4.69, 9.17) is 4.74 Å². The maximum atomic E-state index is 11.9. The highest BCUT2D eigenvalue weighted by Gasteiger charge is 2.30. The van der Waals surface area contributed by atoms with Crippen LogP contribution in [0.2, 0.25) is 0 Å². The van der Waals surface area contributed by atoms with Gasteiger partial charge in [0.15, 0.2) is 0 Å². The summed E-state index contributed by atoms with van der Waals surface area (Å²) in [6.07, 6.45) is 4.09. The lowest BCUT2D eigenvalue weighted by Crippen LogP contribution is -2.37. The summed E-state index contributed by atoms with van der Waals surface area (Å²) in [5.41, 5.74) is 1.25. The normalized spacial score (nSPS) is 21.2. The third-order valence-electron chi connectivity index (χ3n) is 3.94. The zero-order valence-electron chi connectivity index (χ0n) is 14.1. The quantitative estimate of drug-likeness (QED) is 0.550. The van der Waals surface area contributed by atoms with E-state index in [1.54, 1.807) is 7.05 Å². The van der Waals surface area contributed by atoms with Crippen molar-refractivity contribution in [1.82, 2.24) is 15.5 Å². The fourth-order valence-corrected chi connectivity index (χ4v) is 2.66. The van der Waals surface area contributed by atoms with Crippen LogP contribution in [0, 0.1) is 11.8 Å². The number of carbonyl (C=O) groups excluding carboxylic acids is 2. The average Bonchev–Trinajstić information content (AvgIpc) is 2.48. The first kappa shape index (κ1) is 18.5. The second-order valence-electron chi connectivity index (χ2n) is 6.15. The van der Waals surface area contributed by atoms with Gasteiger partial charge in [-0.15, -0.1) is 0 Å². The van der Waals surface area contributed by atoms with Crippen molar-refractivity contribution in [2.45, 2.75) is 26.2 Å². The van der Waals surface area contributed by atoms with Crippen LogP contribution in [0.25, 0.3) is 0 Å². The van der Waals surface area contributed by atoms with Crippen molar-refractivity contribution in [3.8, 4) is 0 Å². The van der Waals surface area contributed by atoms with Gasteiger partial charge >= 0.3 is 6.09 Å². The van der Waals surface area contributed by atoms with E-state index in [0.717, 1.165) is 19.4 Å². The Hall–Kier alpha value is -1.56. The van der Waals surface area contributed by atoms with Gasteiger partial charge in [0.25, 0.3) is 0 Å². The molecule has 0 bridgehead atoms. The molecule has 0 saturated heterocycles. The first-order valence-corrected chi connectivity index (χ1v) is 7.86. The number of nitrogens with zero attached hydrogens (tertiary/aromatic N) is 1. The number of carbonyl (C=O) groups is 2. The van der Waals surface area contributed by atoms with E-state index in [1.165, 1.54) is 5.57 Å². The predicted octanol–water partition coefficient (Wildman–Crippen LogP) is 1.38. The standard InChI is InChI=1S/C16H29N3O3/c1-12-6-7-14(15(20)17-2)13(10-12)11-22-16(21)18-8-5-9-19(3)4/h6,13-14H,5,7-11H2,1-4H3,(H,17,20)(H,18,21). The number of nitrogens with one attached hydrogen (secondary N) is 2. The fourth-order valence-electron chi connectivity index (χ4n) is 2.66. The highest BCUT2D eigenvalue weighted by atomic mass is 16.5. The monoisotopic (exact) mass is 311 g/mol. The first-order chi connectivity index (χ1) is 10.4. The summed E-state index contributed by atoms with van der Waals surface area (Å²) in [5.74, 6) is -0.0449. The third-order valence-corrected chi connectivity index (χ3v) is 3.94. The van der Waals surface area contributed by atoms with E-state index in [1.807, 2.05) is 21.0 Å². The van der Waals surface area contributed by atoms with E-state index in [-0.39, 0.29) is 24.3 Å². The van der Waals surface area contributed by atoms with Crippen molar-refractivity contribution >= 4 is 12.0 Å². The maximum absolute atomic E-state index is 11.9. The van der Waals surface area contributed by atoms with E-state index >= 15 is 0 Å². The molecule has 0 heterocycles. The number of amides is 2. The fraction of sp³-hybridized carbons (Fsp3) is 0.750. The Morgan fingerprint density at radius 3 is 2.77 bits per heavy atom. The molecular formula is C16H29N3O3. The lowest BCUT2D eigenvalue weighted by molar-refractivity contribution is -0.126. The van der Waals surface area contributed by atoms with Gasteiger partial charge in [-0.3, -0.25) is 4.79 Å². The van der Waals surface area contributed by atoms with Crippen LogP contribution in [-0.2, 0) is 9.53 Å². The molecule has 22 heavy (non-hydrogen) atoms. The Labute approximate surface area is 133 Å². The Morgan fingerprint density at radius 1 is 1.41 bits per heavy atom. The summed E-state index contributed by atoms with van der Waals surface area (Å²) in [5, 5.41) is 5.43.